The van der Waals surface area contributed by atoms with Crippen molar-refractivity contribution in [3.63, 3.8) is 0 Å². The van der Waals surface area contributed by atoms with Crippen LogP contribution in [0.1, 0.15) is 0 Å². The number of hydrogen-bond donors (Lipinski definition) is 0. The van der Waals surface area contributed by atoms with Crippen LogP contribution < -0.4 is 0 Å². The molecule has 0 amide bonds. The highest BCUT2D eigenvalue weighted by atomic mass is 32.2. The molecule has 0 saturated heterocycles. The van der Waals surface area contributed by atoms with Gasteiger partial charge in [-0.2, -0.15) is 4.68 Å². The Morgan fingerprint density at radius 3 is 2.68 bits per heavy atom. The standard InChI is InChI=1S/C16H10N6O2S/c23-22(24)14-6-7-15(12-8-9-17-10-13(12)14)25-16-18-19-20-21(16)11-4-2-1-3-5-11/h1-10H. The summed E-state index contributed by atoms with van der Waals surface area (Å²) in [4.78, 5) is 15.6. The van der Waals surface area contributed by atoms with Gasteiger partial charge in [-0.3, -0.25) is 15.1 Å². The zero-order chi connectivity index (χ0) is 17.2. The lowest BCUT2D eigenvalue weighted by atomic mass is 10.1. The molecule has 122 valence electrons. The third kappa shape index (κ3) is 2.81. The number of nitro benzene ring substituents is 1. The van der Waals surface area contributed by atoms with Gasteiger partial charge in [0.1, 0.15) is 0 Å². The number of nitro groups is 1. The van der Waals surface area contributed by atoms with E-state index in [2.05, 4.69) is 20.5 Å². The molecule has 2 aromatic carbocycles. The van der Waals surface area contributed by atoms with E-state index < -0.39 is 4.92 Å². The average molecular weight is 350 g/mol. The fraction of sp³-hybridized carbons (Fsp3) is 0. The third-order valence-electron chi connectivity index (χ3n) is 3.59. The van der Waals surface area contributed by atoms with E-state index in [0.717, 1.165) is 16.0 Å². The van der Waals surface area contributed by atoms with Crippen LogP contribution in [-0.4, -0.2) is 30.1 Å². The third-order valence-corrected chi connectivity index (χ3v) is 4.61. The summed E-state index contributed by atoms with van der Waals surface area (Å²) < 4.78 is 1.62. The summed E-state index contributed by atoms with van der Waals surface area (Å²) >= 11 is 1.34. The van der Waals surface area contributed by atoms with Crippen molar-refractivity contribution in [3.05, 3.63) is 71.0 Å². The van der Waals surface area contributed by atoms with Crippen molar-refractivity contribution >= 4 is 28.2 Å². The van der Waals surface area contributed by atoms with Gasteiger partial charge in [0.05, 0.1) is 16.0 Å². The van der Waals surface area contributed by atoms with Crippen LogP contribution in [0.3, 0.4) is 0 Å². The Balaban J connectivity index is 1.80. The lowest BCUT2D eigenvalue weighted by Crippen LogP contribution is -1.98. The van der Waals surface area contributed by atoms with Gasteiger partial charge in [-0.15, -0.1) is 5.10 Å². The van der Waals surface area contributed by atoms with Crippen LogP contribution in [-0.2, 0) is 0 Å². The van der Waals surface area contributed by atoms with Crippen LogP contribution in [0, 0.1) is 10.1 Å². The maximum atomic E-state index is 11.2. The van der Waals surface area contributed by atoms with Crippen molar-refractivity contribution in [1.29, 1.82) is 0 Å². The van der Waals surface area contributed by atoms with Gasteiger partial charge in [0.15, 0.2) is 0 Å². The number of aromatic nitrogens is 5. The van der Waals surface area contributed by atoms with E-state index in [-0.39, 0.29) is 5.69 Å². The number of non-ortho nitro benzene ring substituents is 1. The molecule has 0 bridgehead atoms. The summed E-state index contributed by atoms with van der Waals surface area (Å²) in [5, 5.41) is 24.8. The Morgan fingerprint density at radius 1 is 1.04 bits per heavy atom. The first-order valence-corrected chi connectivity index (χ1v) is 8.08. The van der Waals surface area contributed by atoms with Gasteiger partial charge < -0.3 is 0 Å². The minimum Gasteiger partial charge on any atom is -0.264 e. The van der Waals surface area contributed by atoms with Crippen molar-refractivity contribution in [2.75, 3.05) is 0 Å². The number of pyridine rings is 1. The summed E-state index contributed by atoms with van der Waals surface area (Å²) in [6.45, 7) is 0. The molecule has 0 aliphatic rings. The second kappa shape index (κ2) is 6.29. The zero-order valence-electron chi connectivity index (χ0n) is 12.7. The molecule has 0 saturated carbocycles. The van der Waals surface area contributed by atoms with Gasteiger partial charge >= 0.3 is 0 Å². The van der Waals surface area contributed by atoms with Crippen LogP contribution in [0.25, 0.3) is 16.5 Å². The van der Waals surface area contributed by atoms with E-state index in [4.69, 9.17) is 0 Å². The van der Waals surface area contributed by atoms with Gasteiger partial charge in [-0.05, 0) is 46.5 Å². The van der Waals surface area contributed by atoms with Gasteiger partial charge in [-0.25, -0.2) is 0 Å². The highest BCUT2D eigenvalue weighted by Crippen LogP contribution is 2.36. The molecule has 0 radical (unpaired) electrons. The molecule has 0 aliphatic carbocycles. The Kier molecular flexibility index (Phi) is 3.82. The molecule has 4 rings (SSSR count). The quantitative estimate of drug-likeness (QED) is 0.411. The van der Waals surface area contributed by atoms with Gasteiger partial charge in [0.25, 0.3) is 5.69 Å². The molecule has 2 heterocycles. The lowest BCUT2D eigenvalue weighted by molar-refractivity contribution is -0.383. The van der Waals surface area contributed by atoms with E-state index >= 15 is 0 Å². The summed E-state index contributed by atoms with van der Waals surface area (Å²) in [7, 11) is 0. The molecule has 0 atom stereocenters. The maximum Gasteiger partial charge on any atom is 0.278 e. The van der Waals surface area contributed by atoms with E-state index in [1.165, 1.54) is 24.0 Å². The molecule has 0 N–H and O–H groups in total. The smallest absolute Gasteiger partial charge is 0.264 e. The highest BCUT2D eigenvalue weighted by molar-refractivity contribution is 7.99. The normalized spacial score (nSPS) is 10.9. The van der Waals surface area contributed by atoms with Gasteiger partial charge in [0.2, 0.25) is 5.16 Å². The molecule has 4 aromatic rings. The first-order chi connectivity index (χ1) is 12.2. The lowest BCUT2D eigenvalue weighted by Gasteiger charge is -2.07. The van der Waals surface area contributed by atoms with Gasteiger partial charge in [0, 0.05) is 28.7 Å². The van der Waals surface area contributed by atoms with E-state index in [0.29, 0.717) is 10.5 Å². The van der Waals surface area contributed by atoms with E-state index in [9.17, 15) is 10.1 Å². The van der Waals surface area contributed by atoms with Crippen LogP contribution in [0.15, 0.2) is 71.0 Å². The van der Waals surface area contributed by atoms with Gasteiger partial charge in [-0.1, -0.05) is 18.2 Å². The molecule has 0 spiro atoms. The largest absolute Gasteiger partial charge is 0.278 e. The highest BCUT2D eigenvalue weighted by Gasteiger charge is 2.17. The van der Waals surface area contributed by atoms with Crippen LogP contribution in [0.5, 0.6) is 0 Å². The Labute approximate surface area is 145 Å². The van der Waals surface area contributed by atoms with Crippen molar-refractivity contribution in [3.8, 4) is 5.69 Å². The van der Waals surface area contributed by atoms with Crippen molar-refractivity contribution in [2.45, 2.75) is 10.1 Å². The number of para-hydroxylation sites is 1. The topological polar surface area (TPSA) is 99.6 Å². The second-order valence-corrected chi connectivity index (χ2v) is 6.08. The predicted octanol–water partition coefficient (Wildman–Crippen LogP) is 3.27. The molecule has 0 unspecified atom stereocenters. The average Bonchev–Trinajstić information content (AvgIpc) is 3.10. The summed E-state index contributed by atoms with van der Waals surface area (Å²) in [5.74, 6) is 0. The predicted molar refractivity (Wildman–Crippen MR) is 91.7 cm³/mol. The van der Waals surface area contributed by atoms with Crippen LogP contribution >= 0.6 is 11.8 Å². The van der Waals surface area contributed by atoms with Crippen molar-refractivity contribution in [2.24, 2.45) is 0 Å². The minimum absolute atomic E-state index is 0.0232. The minimum atomic E-state index is -0.410. The van der Waals surface area contributed by atoms with E-state index in [1.807, 2.05) is 30.3 Å². The Bertz CT molecular complexity index is 1070. The second-order valence-electron chi connectivity index (χ2n) is 5.07. The zero-order valence-corrected chi connectivity index (χ0v) is 13.5. The number of fused-ring (bicyclic) bond motifs is 1. The first kappa shape index (κ1) is 15.2. The van der Waals surface area contributed by atoms with Crippen molar-refractivity contribution < 1.29 is 4.92 Å². The maximum absolute atomic E-state index is 11.2. The first-order valence-electron chi connectivity index (χ1n) is 7.27. The fourth-order valence-corrected chi connectivity index (χ4v) is 3.39. The molecule has 25 heavy (non-hydrogen) atoms. The monoisotopic (exact) mass is 350 g/mol. The molecular formula is C16H10N6O2S. The molecule has 0 fully saturated rings. The van der Waals surface area contributed by atoms with Crippen LogP contribution in [0.4, 0.5) is 5.69 Å². The Hall–Kier alpha value is -3.33. The van der Waals surface area contributed by atoms with Crippen LogP contribution in [0.2, 0.25) is 0 Å². The fourth-order valence-electron chi connectivity index (χ4n) is 2.47. The number of tetrazole rings is 1. The number of benzene rings is 2. The SMILES string of the molecule is O=[N+]([O-])c1ccc(Sc2nnnn2-c2ccccc2)c2ccncc12. The van der Waals surface area contributed by atoms with E-state index in [1.54, 1.807) is 23.0 Å². The number of nitrogens with zero attached hydrogens (tertiary/aromatic N) is 6. The summed E-state index contributed by atoms with van der Waals surface area (Å²) in [6, 6.07) is 14.4. The molecule has 8 nitrogen and oxygen atoms in total. The summed E-state index contributed by atoms with van der Waals surface area (Å²) in [6.07, 6.45) is 3.11. The molecule has 2 aromatic heterocycles. The molecule has 9 heteroatoms. The molecular weight excluding hydrogens is 340 g/mol. The van der Waals surface area contributed by atoms with Crippen molar-refractivity contribution in [1.82, 2.24) is 25.2 Å². The summed E-state index contributed by atoms with van der Waals surface area (Å²) in [5.41, 5.74) is 0.859. The Morgan fingerprint density at radius 2 is 1.88 bits per heavy atom. The molecule has 0 aliphatic heterocycles. The number of rotatable bonds is 4. The number of hydrogen-bond acceptors (Lipinski definition) is 7.